The molecule has 1 unspecified atom stereocenters. The van der Waals surface area contributed by atoms with E-state index >= 15 is 0 Å². The van der Waals surface area contributed by atoms with Gasteiger partial charge in [-0.25, -0.2) is 4.98 Å². The summed E-state index contributed by atoms with van der Waals surface area (Å²) in [6.45, 7) is 6.83. The fourth-order valence-electron chi connectivity index (χ4n) is 2.32. The lowest BCUT2D eigenvalue weighted by Crippen LogP contribution is -2.34. The lowest BCUT2D eigenvalue weighted by molar-refractivity contribution is -0.117. The summed E-state index contributed by atoms with van der Waals surface area (Å²) in [6.07, 6.45) is 2.74. The summed E-state index contributed by atoms with van der Waals surface area (Å²) in [5, 5.41) is 6.27. The van der Waals surface area contributed by atoms with Gasteiger partial charge in [0.15, 0.2) is 0 Å². The van der Waals surface area contributed by atoms with Gasteiger partial charge < -0.3 is 10.6 Å². The fraction of sp³-hybridized carbons (Fsp3) is 0.368. The van der Waals surface area contributed by atoms with Crippen LogP contribution in [0.15, 0.2) is 48.7 Å². The second kappa shape index (κ2) is 8.44. The van der Waals surface area contributed by atoms with Crippen LogP contribution in [0.25, 0.3) is 0 Å². The van der Waals surface area contributed by atoms with Crippen molar-refractivity contribution in [1.29, 1.82) is 0 Å². The second-order valence-corrected chi connectivity index (χ2v) is 5.92. The molecule has 1 heterocycles. The zero-order valence-electron chi connectivity index (χ0n) is 14.0. The van der Waals surface area contributed by atoms with Gasteiger partial charge in [0.2, 0.25) is 5.91 Å². The van der Waals surface area contributed by atoms with Gasteiger partial charge in [0.25, 0.3) is 0 Å². The first kappa shape index (κ1) is 17.2. The molecule has 2 aromatic rings. The number of hydrogen-bond donors (Lipinski definition) is 2. The molecular formula is C19H25N3O. The minimum Gasteiger partial charge on any atom is -0.313 e. The Kier molecular flexibility index (Phi) is 6.29. The molecule has 0 aliphatic carbocycles. The maximum absolute atomic E-state index is 12.7. The highest BCUT2D eigenvalue weighted by atomic mass is 16.2. The highest BCUT2D eigenvalue weighted by molar-refractivity contribution is 5.95. The van der Waals surface area contributed by atoms with Crippen LogP contribution in [-0.4, -0.2) is 23.5 Å². The van der Waals surface area contributed by atoms with Crippen molar-refractivity contribution in [3.63, 3.8) is 0 Å². The van der Waals surface area contributed by atoms with Crippen LogP contribution in [0.3, 0.4) is 0 Å². The number of benzene rings is 1. The average Bonchev–Trinajstić information content (AvgIpc) is 2.56. The maximum Gasteiger partial charge on any atom is 0.234 e. The van der Waals surface area contributed by atoms with Crippen LogP contribution in [-0.2, 0) is 11.2 Å². The van der Waals surface area contributed by atoms with Crippen LogP contribution >= 0.6 is 0 Å². The fourth-order valence-corrected chi connectivity index (χ4v) is 2.32. The van der Waals surface area contributed by atoms with Gasteiger partial charge in [0.1, 0.15) is 5.82 Å². The number of rotatable bonds is 7. The van der Waals surface area contributed by atoms with Crippen LogP contribution in [0.4, 0.5) is 5.82 Å². The summed E-state index contributed by atoms with van der Waals surface area (Å²) < 4.78 is 0. The third-order valence-electron chi connectivity index (χ3n) is 3.73. The molecule has 1 aromatic carbocycles. The molecule has 0 fully saturated rings. The van der Waals surface area contributed by atoms with E-state index in [2.05, 4.69) is 36.4 Å². The summed E-state index contributed by atoms with van der Waals surface area (Å²) >= 11 is 0. The monoisotopic (exact) mass is 311 g/mol. The largest absolute Gasteiger partial charge is 0.313 e. The second-order valence-electron chi connectivity index (χ2n) is 5.92. The van der Waals surface area contributed by atoms with Crippen molar-refractivity contribution in [1.82, 2.24) is 10.3 Å². The molecule has 0 saturated carbocycles. The van der Waals surface area contributed by atoms with Crippen LogP contribution in [0.5, 0.6) is 0 Å². The number of nitrogens with one attached hydrogen (secondary N) is 2. The first-order valence-corrected chi connectivity index (χ1v) is 8.14. The first-order valence-electron chi connectivity index (χ1n) is 8.14. The van der Waals surface area contributed by atoms with E-state index < -0.39 is 0 Å². The summed E-state index contributed by atoms with van der Waals surface area (Å²) in [6, 6.07) is 14.0. The Bertz CT molecular complexity index is 608. The number of carbonyl (C=O) groups excluding carboxylic acids is 1. The number of aryl methyl sites for hydroxylation is 1. The molecule has 0 bridgehead atoms. The zero-order valence-corrected chi connectivity index (χ0v) is 14.0. The predicted octanol–water partition coefficient (Wildman–Crippen LogP) is 3.36. The Balaban J connectivity index is 2.11. The van der Waals surface area contributed by atoms with Crippen molar-refractivity contribution < 1.29 is 4.79 Å². The summed E-state index contributed by atoms with van der Waals surface area (Å²) in [5.41, 5.74) is 2.16. The highest BCUT2D eigenvalue weighted by Gasteiger charge is 2.21. The number of amides is 1. The molecule has 4 nitrogen and oxygen atoms in total. The number of aromatic nitrogens is 1. The van der Waals surface area contributed by atoms with E-state index in [1.807, 2.05) is 42.5 Å². The van der Waals surface area contributed by atoms with Crippen LogP contribution < -0.4 is 10.6 Å². The van der Waals surface area contributed by atoms with Gasteiger partial charge in [-0.05, 0) is 23.6 Å². The predicted molar refractivity (Wildman–Crippen MR) is 94.6 cm³/mol. The van der Waals surface area contributed by atoms with E-state index in [9.17, 15) is 4.79 Å². The third kappa shape index (κ3) is 5.18. The van der Waals surface area contributed by atoms with Crippen molar-refractivity contribution >= 4 is 11.7 Å². The molecule has 0 radical (unpaired) electrons. The maximum atomic E-state index is 12.7. The lowest BCUT2D eigenvalue weighted by atomic mass is 9.98. The van der Waals surface area contributed by atoms with Crippen LogP contribution in [0.1, 0.15) is 37.8 Å². The summed E-state index contributed by atoms with van der Waals surface area (Å²) in [4.78, 5) is 17.0. The molecular weight excluding hydrogens is 286 g/mol. The van der Waals surface area contributed by atoms with Crippen molar-refractivity contribution in [3.05, 3.63) is 59.8 Å². The van der Waals surface area contributed by atoms with Gasteiger partial charge in [0.05, 0.1) is 5.92 Å². The van der Waals surface area contributed by atoms with Crippen molar-refractivity contribution in [2.75, 3.05) is 11.9 Å². The Morgan fingerprint density at radius 3 is 2.43 bits per heavy atom. The van der Waals surface area contributed by atoms with E-state index in [-0.39, 0.29) is 11.8 Å². The Morgan fingerprint density at radius 2 is 1.87 bits per heavy atom. The molecule has 1 atom stereocenters. The molecule has 23 heavy (non-hydrogen) atoms. The quantitative estimate of drug-likeness (QED) is 0.824. The van der Waals surface area contributed by atoms with E-state index in [1.54, 1.807) is 6.20 Å². The molecule has 2 rings (SSSR count). The Morgan fingerprint density at radius 1 is 1.13 bits per heavy atom. The Hall–Kier alpha value is -2.20. The van der Waals surface area contributed by atoms with Gasteiger partial charge in [-0.2, -0.15) is 0 Å². The Labute approximate surface area is 138 Å². The molecule has 1 aromatic heterocycles. The van der Waals surface area contributed by atoms with Crippen molar-refractivity contribution in [3.8, 4) is 0 Å². The smallest absolute Gasteiger partial charge is 0.234 e. The van der Waals surface area contributed by atoms with Crippen LogP contribution in [0.2, 0.25) is 0 Å². The van der Waals surface area contributed by atoms with Gasteiger partial charge in [0, 0.05) is 18.8 Å². The first-order chi connectivity index (χ1) is 11.1. The standard InChI is InChI=1S/C19H25N3O/c1-4-15-10-11-18(21-12-15)22-19(23)17(13-20-14(2)3)16-8-6-5-7-9-16/h5-12,14,17,20H,4,13H2,1-3H3,(H,21,22,23). The van der Waals surface area contributed by atoms with E-state index in [1.165, 1.54) is 0 Å². The van der Waals surface area contributed by atoms with Crippen molar-refractivity contribution in [2.24, 2.45) is 0 Å². The molecule has 0 aliphatic rings. The zero-order chi connectivity index (χ0) is 16.7. The normalized spacial score (nSPS) is 12.2. The van der Waals surface area contributed by atoms with E-state index in [0.717, 1.165) is 17.5 Å². The topological polar surface area (TPSA) is 54.0 Å². The van der Waals surface area contributed by atoms with Crippen molar-refractivity contribution in [2.45, 2.75) is 39.2 Å². The van der Waals surface area contributed by atoms with Gasteiger partial charge in [-0.1, -0.05) is 57.2 Å². The summed E-state index contributed by atoms with van der Waals surface area (Å²) in [7, 11) is 0. The molecule has 122 valence electrons. The van der Waals surface area contributed by atoms with Crippen LogP contribution in [0, 0.1) is 0 Å². The van der Waals surface area contributed by atoms with Gasteiger partial charge >= 0.3 is 0 Å². The molecule has 0 saturated heterocycles. The number of carbonyl (C=O) groups is 1. The van der Waals surface area contributed by atoms with Gasteiger partial charge in [-0.3, -0.25) is 4.79 Å². The highest BCUT2D eigenvalue weighted by Crippen LogP contribution is 2.17. The average molecular weight is 311 g/mol. The SMILES string of the molecule is CCc1ccc(NC(=O)C(CNC(C)C)c2ccccc2)nc1. The molecule has 0 aliphatic heterocycles. The molecule has 2 N–H and O–H groups in total. The molecule has 0 spiro atoms. The van der Waals surface area contributed by atoms with E-state index in [4.69, 9.17) is 0 Å². The summed E-state index contributed by atoms with van der Waals surface area (Å²) in [5.74, 6) is 0.310. The lowest BCUT2D eigenvalue weighted by Gasteiger charge is -2.19. The number of hydrogen-bond acceptors (Lipinski definition) is 3. The minimum absolute atomic E-state index is 0.0406. The third-order valence-corrected chi connectivity index (χ3v) is 3.73. The number of anilines is 1. The minimum atomic E-state index is -0.244. The molecule has 4 heteroatoms. The molecule has 1 amide bonds. The van der Waals surface area contributed by atoms with Gasteiger partial charge in [-0.15, -0.1) is 0 Å². The number of nitrogens with zero attached hydrogens (tertiary/aromatic N) is 1. The number of pyridine rings is 1. The van der Waals surface area contributed by atoms with E-state index in [0.29, 0.717) is 18.4 Å².